The summed E-state index contributed by atoms with van der Waals surface area (Å²) in [5.41, 5.74) is 0.579. The summed E-state index contributed by atoms with van der Waals surface area (Å²) in [6, 6.07) is 8.30. The molecule has 10 heteroatoms. The monoisotopic (exact) mass is 507 g/mol. The molecule has 1 atom stereocenters. The summed E-state index contributed by atoms with van der Waals surface area (Å²) >= 11 is 9.53. The van der Waals surface area contributed by atoms with Crippen LogP contribution in [0, 0.1) is 0 Å². The molecule has 3 rings (SSSR count). The number of carboxylic acids is 1. The Labute approximate surface area is 191 Å². The topological polar surface area (TPSA) is 103 Å². The minimum atomic E-state index is -1.14. The molecule has 0 saturated carbocycles. The molecule has 1 heterocycles. The zero-order valence-corrected chi connectivity index (χ0v) is 19.3. The molecule has 0 spiro atoms. The highest BCUT2D eigenvalue weighted by molar-refractivity contribution is 9.10. The molecular weight excluding hydrogens is 490 g/mol. The molecule has 0 aliphatic heterocycles. The highest BCUT2D eigenvalue weighted by Crippen LogP contribution is 2.34. The van der Waals surface area contributed by atoms with E-state index in [0.717, 1.165) is 4.47 Å². The number of halogens is 2. The van der Waals surface area contributed by atoms with Crippen LogP contribution in [0.25, 0.3) is 10.9 Å². The second kappa shape index (κ2) is 9.49. The summed E-state index contributed by atoms with van der Waals surface area (Å²) in [5, 5.41) is 14.3. The zero-order chi connectivity index (χ0) is 22.7. The molecule has 8 nitrogen and oxygen atoms in total. The van der Waals surface area contributed by atoms with Crippen molar-refractivity contribution in [3.63, 3.8) is 0 Å². The number of fused-ring (bicyclic) bond motifs is 1. The molecule has 1 N–H and O–H groups in total. The highest BCUT2D eigenvalue weighted by Gasteiger charge is 2.19. The summed E-state index contributed by atoms with van der Waals surface area (Å²) in [6.07, 6.45) is 0.692. The average molecular weight is 509 g/mol. The minimum absolute atomic E-state index is 0.146. The first kappa shape index (κ1) is 22.8. The van der Waals surface area contributed by atoms with Crippen molar-refractivity contribution in [2.24, 2.45) is 5.10 Å². The van der Waals surface area contributed by atoms with E-state index in [1.165, 1.54) is 31.0 Å². The van der Waals surface area contributed by atoms with E-state index in [4.69, 9.17) is 21.1 Å². The lowest BCUT2D eigenvalue weighted by Crippen LogP contribution is -2.24. The largest absolute Gasteiger partial charge is 0.493 e. The molecule has 2 aromatic carbocycles. The molecule has 0 fully saturated rings. The summed E-state index contributed by atoms with van der Waals surface area (Å²) in [6.45, 7) is 3.26. The number of aliphatic carboxylic acids is 1. The number of rotatable bonds is 7. The van der Waals surface area contributed by atoms with Gasteiger partial charge in [0, 0.05) is 27.5 Å². The van der Waals surface area contributed by atoms with Gasteiger partial charge in [0.15, 0.2) is 17.6 Å². The second-order valence-corrected chi connectivity index (χ2v) is 7.88. The fourth-order valence-corrected chi connectivity index (χ4v) is 3.43. The Morgan fingerprint density at radius 3 is 2.77 bits per heavy atom. The lowest BCUT2D eigenvalue weighted by molar-refractivity contribution is -0.144. The quantitative estimate of drug-likeness (QED) is 0.482. The van der Waals surface area contributed by atoms with Crippen molar-refractivity contribution in [1.82, 2.24) is 9.66 Å². The Kier molecular flexibility index (Phi) is 6.97. The molecule has 0 bridgehead atoms. The summed E-state index contributed by atoms with van der Waals surface area (Å²) in [4.78, 5) is 28.8. The molecule has 31 heavy (non-hydrogen) atoms. The molecule has 0 amide bonds. The summed E-state index contributed by atoms with van der Waals surface area (Å²) in [5.74, 6) is -0.293. The van der Waals surface area contributed by atoms with Gasteiger partial charge in [-0.1, -0.05) is 34.5 Å². The molecule has 162 valence electrons. The number of carbonyl (C=O) groups is 1. The maximum absolute atomic E-state index is 13.1. The van der Waals surface area contributed by atoms with Crippen LogP contribution >= 0.6 is 27.5 Å². The van der Waals surface area contributed by atoms with Crippen LogP contribution in [-0.4, -0.2) is 40.2 Å². The zero-order valence-electron chi connectivity index (χ0n) is 16.9. The van der Waals surface area contributed by atoms with Crippen LogP contribution < -0.4 is 15.0 Å². The van der Waals surface area contributed by atoms with Crippen molar-refractivity contribution >= 4 is 50.6 Å². The van der Waals surface area contributed by atoms with E-state index < -0.39 is 12.1 Å². The standard InChI is InChI=1S/C21H19BrClN3O5/c1-4-18-25-16-6-5-13(22)8-15(16)20(27)26(18)24-10-12-7-14(23)9-17(30-3)19(12)31-11(2)21(28)29/h5-11H,4H2,1-3H3,(H,28,29)/t11-/m1/s1. The smallest absolute Gasteiger partial charge is 0.344 e. The van der Waals surface area contributed by atoms with E-state index in [9.17, 15) is 14.7 Å². The average Bonchev–Trinajstić information content (AvgIpc) is 2.74. The molecule has 0 unspecified atom stereocenters. The molecule has 1 aromatic heterocycles. The van der Waals surface area contributed by atoms with Gasteiger partial charge in [-0.3, -0.25) is 4.79 Å². The van der Waals surface area contributed by atoms with E-state index in [0.29, 0.717) is 33.7 Å². The van der Waals surface area contributed by atoms with Gasteiger partial charge in [0.2, 0.25) is 0 Å². The number of aryl methyl sites for hydroxylation is 1. The normalized spacial score (nSPS) is 12.3. The van der Waals surface area contributed by atoms with Crippen LogP contribution in [0.2, 0.25) is 5.02 Å². The van der Waals surface area contributed by atoms with Crippen molar-refractivity contribution in [2.75, 3.05) is 7.11 Å². The van der Waals surface area contributed by atoms with Gasteiger partial charge in [0.1, 0.15) is 5.82 Å². The second-order valence-electron chi connectivity index (χ2n) is 6.53. The van der Waals surface area contributed by atoms with Crippen molar-refractivity contribution in [2.45, 2.75) is 26.4 Å². The van der Waals surface area contributed by atoms with Crippen molar-refractivity contribution in [1.29, 1.82) is 0 Å². The number of nitrogens with zero attached hydrogens (tertiary/aromatic N) is 3. The lowest BCUT2D eigenvalue weighted by Gasteiger charge is -2.16. The number of ether oxygens (including phenoxy) is 2. The third kappa shape index (κ3) is 4.88. The van der Waals surface area contributed by atoms with Crippen LogP contribution in [0.3, 0.4) is 0 Å². The fourth-order valence-electron chi connectivity index (χ4n) is 2.85. The lowest BCUT2D eigenvalue weighted by atomic mass is 10.2. The van der Waals surface area contributed by atoms with Gasteiger partial charge >= 0.3 is 5.97 Å². The number of hydrogen-bond acceptors (Lipinski definition) is 6. The van der Waals surface area contributed by atoms with E-state index in [1.54, 1.807) is 18.2 Å². The Balaban J connectivity index is 2.16. The van der Waals surface area contributed by atoms with Gasteiger partial charge in [0.05, 0.1) is 24.2 Å². The maximum Gasteiger partial charge on any atom is 0.344 e. The predicted molar refractivity (Wildman–Crippen MR) is 122 cm³/mol. The SMILES string of the molecule is CCc1nc2ccc(Br)cc2c(=O)n1N=Cc1cc(Cl)cc(OC)c1O[C@H](C)C(=O)O. The van der Waals surface area contributed by atoms with E-state index in [-0.39, 0.29) is 17.1 Å². The molecule has 0 aliphatic rings. The Hall–Kier alpha value is -2.91. The maximum atomic E-state index is 13.1. The van der Waals surface area contributed by atoms with Crippen molar-refractivity contribution in [3.05, 3.63) is 61.6 Å². The van der Waals surface area contributed by atoms with Gasteiger partial charge < -0.3 is 14.6 Å². The highest BCUT2D eigenvalue weighted by atomic mass is 79.9. The Bertz CT molecular complexity index is 1240. The first-order chi connectivity index (χ1) is 14.7. The number of carboxylic acid groups (broad SMARTS) is 1. The van der Waals surface area contributed by atoms with Crippen LogP contribution in [-0.2, 0) is 11.2 Å². The van der Waals surface area contributed by atoms with Gasteiger partial charge in [-0.25, -0.2) is 9.78 Å². The third-order valence-corrected chi connectivity index (χ3v) is 5.13. The van der Waals surface area contributed by atoms with Crippen LogP contribution in [0.15, 0.2) is 44.7 Å². The summed E-state index contributed by atoms with van der Waals surface area (Å²) in [7, 11) is 1.41. The van der Waals surface area contributed by atoms with Gasteiger partial charge in [-0.2, -0.15) is 9.78 Å². The molecular formula is C21H19BrClN3O5. The van der Waals surface area contributed by atoms with Crippen LogP contribution in [0.4, 0.5) is 0 Å². The number of methoxy groups -OCH3 is 1. The van der Waals surface area contributed by atoms with E-state index in [1.807, 2.05) is 13.0 Å². The molecule has 0 radical (unpaired) electrons. The Morgan fingerprint density at radius 2 is 2.13 bits per heavy atom. The van der Waals surface area contributed by atoms with E-state index >= 15 is 0 Å². The van der Waals surface area contributed by atoms with Crippen molar-refractivity contribution < 1.29 is 19.4 Å². The van der Waals surface area contributed by atoms with Gasteiger partial charge in [-0.05, 0) is 31.2 Å². The molecule has 0 saturated heterocycles. The first-order valence-electron chi connectivity index (χ1n) is 9.27. The first-order valence-corrected chi connectivity index (χ1v) is 10.4. The number of hydrogen-bond donors (Lipinski definition) is 1. The van der Waals surface area contributed by atoms with Crippen LogP contribution in [0.1, 0.15) is 25.2 Å². The molecule has 3 aromatic rings. The minimum Gasteiger partial charge on any atom is -0.493 e. The number of benzene rings is 2. The number of aromatic nitrogens is 2. The third-order valence-electron chi connectivity index (χ3n) is 4.41. The molecule has 0 aliphatic carbocycles. The Morgan fingerprint density at radius 1 is 1.39 bits per heavy atom. The predicted octanol–water partition coefficient (Wildman–Crippen LogP) is 4.12. The van der Waals surface area contributed by atoms with Gasteiger partial charge in [0.25, 0.3) is 5.56 Å². The van der Waals surface area contributed by atoms with Crippen LogP contribution in [0.5, 0.6) is 11.5 Å². The fraction of sp³-hybridized carbons (Fsp3) is 0.238. The van der Waals surface area contributed by atoms with Gasteiger partial charge in [-0.15, -0.1) is 0 Å². The van der Waals surface area contributed by atoms with E-state index in [2.05, 4.69) is 26.0 Å². The van der Waals surface area contributed by atoms with Crippen molar-refractivity contribution in [3.8, 4) is 11.5 Å². The summed E-state index contributed by atoms with van der Waals surface area (Å²) < 4.78 is 12.8.